The predicted octanol–water partition coefficient (Wildman–Crippen LogP) is 1.21. The van der Waals surface area contributed by atoms with E-state index in [0.717, 1.165) is 18.6 Å². The highest BCUT2D eigenvalue weighted by Crippen LogP contribution is 2.05. The second-order valence-electron chi connectivity index (χ2n) is 4.07. The maximum atomic E-state index is 9.25. The van der Waals surface area contributed by atoms with E-state index in [4.69, 9.17) is 5.73 Å². The van der Waals surface area contributed by atoms with Crippen LogP contribution in [0.2, 0.25) is 0 Å². The van der Waals surface area contributed by atoms with Crippen LogP contribution in [0.3, 0.4) is 0 Å². The Morgan fingerprint density at radius 3 is 2.53 bits per heavy atom. The van der Waals surface area contributed by atoms with Gasteiger partial charge in [0.25, 0.3) is 0 Å². The molecule has 0 radical (unpaired) electrons. The van der Waals surface area contributed by atoms with E-state index in [9.17, 15) is 5.11 Å². The van der Waals surface area contributed by atoms with E-state index >= 15 is 0 Å². The summed E-state index contributed by atoms with van der Waals surface area (Å²) in [7, 11) is 0. The summed E-state index contributed by atoms with van der Waals surface area (Å²) in [5.74, 6) is 2.33. The maximum Gasteiger partial charge on any atom is 0.0526 e. The number of hydrogen-bond acceptors (Lipinski definition) is 4. The topological polar surface area (TPSA) is 58.3 Å². The second kappa shape index (κ2) is 9.46. The van der Waals surface area contributed by atoms with Crippen LogP contribution in [0.1, 0.15) is 33.6 Å². The van der Waals surface area contributed by atoms with Gasteiger partial charge >= 0.3 is 0 Å². The van der Waals surface area contributed by atoms with Crippen molar-refractivity contribution in [1.82, 2.24) is 5.32 Å². The van der Waals surface area contributed by atoms with Crippen molar-refractivity contribution in [1.29, 1.82) is 0 Å². The van der Waals surface area contributed by atoms with E-state index in [-0.39, 0.29) is 6.10 Å². The quantitative estimate of drug-likeness (QED) is 0.525. The van der Waals surface area contributed by atoms with Gasteiger partial charge in [0, 0.05) is 18.6 Å². The summed E-state index contributed by atoms with van der Waals surface area (Å²) in [5.41, 5.74) is 5.70. The molecule has 3 atom stereocenters. The highest BCUT2D eigenvalue weighted by Gasteiger charge is 2.11. The van der Waals surface area contributed by atoms with Crippen molar-refractivity contribution in [2.75, 3.05) is 18.1 Å². The molecule has 0 aliphatic carbocycles. The lowest BCUT2D eigenvalue weighted by Crippen LogP contribution is -2.42. The van der Waals surface area contributed by atoms with Crippen LogP contribution < -0.4 is 11.1 Å². The van der Waals surface area contributed by atoms with Crippen LogP contribution in [0.25, 0.3) is 0 Å². The average molecular weight is 234 g/mol. The summed E-state index contributed by atoms with van der Waals surface area (Å²) in [4.78, 5) is 0. The third-order valence-electron chi connectivity index (χ3n) is 2.31. The van der Waals surface area contributed by atoms with Gasteiger partial charge in [-0.25, -0.2) is 0 Å². The molecule has 0 aliphatic heterocycles. The Balaban J connectivity index is 3.67. The maximum absolute atomic E-state index is 9.25. The summed E-state index contributed by atoms with van der Waals surface area (Å²) < 4.78 is 0. The van der Waals surface area contributed by atoms with Crippen LogP contribution in [0.5, 0.6) is 0 Å². The monoisotopic (exact) mass is 234 g/mol. The molecule has 0 fully saturated rings. The molecule has 0 bridgehead atoms. The van der Waals surface area contributed by atoms with Crippen molar-refractivity contribution in [3.05, 3.63) is 0 Å². The minimum atomic E-state index is -0.240. The van der Waals surface area contributed by atoms with Gasteiger partial charge in [0.2, 0.25) is 0 Å². The fourth-order valence-electron chi connectivity index (χ4n) is 1.62. The van der Waals surface area contributed by atoms with Gasteiger partial charge in [-0.05, 0) is 38.2 Å². The number of aliphatic hydroxyl groups is 1. The van der Waals surface area contributed by atoms with Crippen molar-refractivity contribution in [3.8, 4) is 0 Å². The van der Waals surface area contributed by atoms with Gasteiger partial charge in [-0.2, -0.15) is 11.8 Å². The Kier molecular flexibility index (Phi) is 9.60. The van der Waals surface area contributed by atoms with Crippen LogP contribution >= 0.6 is 11.8 Å². The summed E-state index contributed by atoms with van der Waals surface area (Å²) in [6.45, 7) is 6.77. The molecule has 0 amide bonds. The molecule has 3 nitrogen and oxygen atoms in total. The average Bonchev–Trinajstić information content (AvgIpc) is 2.15. The van der Waals surface area contributed by atoms with Gasteiger partial charge in [-0.15, -0.1) is 0 Å². The van der Waals surface area contributed by atoms with Crippen molar-refractivity contribution in [2.24, 2.45) is 5.73 Å². The predicted molar refractivity (Wildman–Crippen MR) is 69.4 cm³/mol. The Bertz CT molecular complexity index is 145. The number of nitrogens with one attached hydrogen (secondary N) is 1. The number of thioether (sulfide) groups is 1. The first kappa shape index (κ1) is 15.2. The van der Waals surface area contributed by atoms with Crippen LogP contribution in [0.4, 0.5) is 0 Å². The summed E-state index contributed by atoms with van der Waals surface area (Å²) in [6, 6.07) is 0.725. The Morgan fingerprint density at radius 2 is 2.07 bits per heavy atom. The number of hydrogen-bond donors (Lipinski definition) is 3. The van der Waals surface area contributed by atoms with Crippen molar-refractivity contribution in [2.45, 2.75) is 51.8 Å². The van der Waals surface area contributed by atoms with E-state index in [1.165, 1.54) is 5.75 Å². The number of nitrogens with two attached hydrogens (primary N) is 1. The van der Waals surface area contributed by atoms with Crippen LogP contribution in [0.15, 0.2) is 0 Å². The van der Waals surface area contributed by atoms with Gasteiger partial charge in [0.1, 0.15) is 0 Å². The highest BCUT2D eigenvalue weighted by atomic mass is 32.2. The molecule has 0 heterocycles. The highest BCUT2D eigenvalue weighted by molar-refractivity contribution is 7.99. The zero-order valence-corrected chi connectivity index (χ0v) is 11.0. The zero-order chi connectivity index (χ0) is 11.7. The van der Waals surface area contributed by atoms with Crippen LogP contribution in [0, 0.1) is 0 Å². The van der Waals surface area contributed by atoms with Crippen molar-refractivity contribution >= 4 is 11.8 Å². The van der Waals surface area contributed by atoms with E-state index in [1.807, 2.05) is 18.7 Å². The largest absolute Gasteiger partial charge is 0.393 e. The number of rotatable bonds is 9. The second-order valence-corrected chi connectivity index (χ2v) is 5.46. The van der Waals surface area contributed by atoms with Gasteiger partial charge in [0.15, 0.2) is 0 Å². The minimum Gasteiger partial charge on any atom is -0.393 e. The van der Waals surface area contributed by atoms with Crippen molar-refractivity contribution in [3.63, 3.8) is 0 Å². The molecule has 0 aliphatic rings. The Hall–Kier alpha value is 0.230. The standard InChI is InChI=1S/C11H26N2OS/c1-4-15-6-5-11(8-12)13-9(2)7-10(3)14/h9-11,13-14H,4-8,12H2,1-3H3. The molecule has 0 saturated carbocycles. The van der Waals surface area contributed by atoms with E-state index in [1.54, 1.807) is 0 Å². The summed E-state index contributed by atoms with van der Waals surface area (Å²) in [6.07, 6.45) is 1.66. The molecule has 15 heavy (non-hydrogen) atoms. The van der Waals surface area contributed by atoms with Crippen LogP contribution in [-0.2, 0) is 0 Å². The fraction of sp³-hybridized carbons (Fsp3) is 1.00. The molecule has 0 saturated heterocycles. The summed E-state index contributed by atoms with van der Waals surface area (Å²) >= 11 is 1.95. The van der Waals surface area contributed by atoms with E-state index in [0.29, 0.717) is 18.6 Å². The van der Waals surface area contributed by atoms with Gasteiger partial charge in [-0.1, -0.05) is 6.92 Å². The first-order valence-corrected chi connectivity index (χ1v) is 6.97. The molecule has 3 unspecified atom stereocenters. The molecule has 0 aromatic rings. The third-order valence-corrected chi connectivity index (χ3v) is 3.25. The number of aliphatic hydroxyl groups excluding tert-OH is 1. The Morgan fingerprint density at radius 1 is 1.40 bits per heavy atom. The lowest BCUT2D eigenvalue weighted by Gasteiger charge is -2.22. The molecule has 0 spiro atoms. The molecule has 0 rings (SSSR count). The van der Waals surface area contributed by atoms with E-state index in [2.05, 4.69) is 19.2 Å². The van der Waals surface area contributed by atoms with Gasteiger partial charge < -0.3 is 16.2 Å². The molecule has 92 valence electrons. The Labute approximate surface area is 98.2 Å². The zero-order valence-electron chi connectivity index (χ0n) is 10.2. The molecular weight excluding hydrogens is 208 g/mol. The molecule has 0 aromatic heterocycles. The first-order chi connectivity index (χ1) is 7.10. The third kappa shape index (κ3) is 9.18. The molecule has 0 aromatic carbocycles. The van der Waals surface area contributed by atoms with Gasteiger partial charge in [0.05, 0.1) is 6.10 Å². The van der Waals surface area contributed by atoms with Crippen LogP contribution in [-0.4, -0.2) is 41.3 Å². The lowest BCUT2D eigenvalue weighted by molar-refractivity contribution is 0.168. The van der Waals surface area contributed by atoms with Gasteiger partial charge in [-0.3, -0.25) is 0 Å². The van der Waals surface area contributed by atoms with Crippen molar-refractivity contribution < 1.29 is 5.11 Å². The normalized spacial score (nSPS) is 17.4. The SMILES string of the molecule is CCSCCC(CN)NC(C)CC(C)O. The fourth-order valence-corrected chi connectivity index (χ4v) is 2.36. The first-order valence-electron chi connectivity index (χ1n) is 5.82. The lowest BCUT2D eigenvalue weighted by atomic mass is 10.1. The smallest absolute Gasteiger partial charge is 0.0526 e. The minimum absolute atomic E-state index is 0.240. The molecule has 4 heteroatoms. The molecule has 4 N–H and O–H groups in total. The molecular formula is C11H26N2OS. The summed E-state index contributed by atoms with van der Waals surface area (Å²) in [5, 5.41) is 12.7. The van der Waals surface area contributed by atoms with E-state index < -0.39 is 0 Å².